The van der Waals surface area contributed by atoms with E-state index in [-0.39, 0.29) is 5.97 Å². The van der Waals surface area contributed by atoms with Gasteiger partial charge in [-0.05, 0) is 6.42 Å². The minimum absolute atomic E-state index is 0.354. The predicted molar refractivity (Wildman–Crippen MR) is 74.0 cm³/mol. The number of nitrogens with zero attached hydrogens (tertiary/aromatic N) is 2. The number of ether oxygens (including phenoxy) is 3. The first-order valence-corrected chi connectivity index (χ1v) is 6.81. The summed E-state index contributed by atoms with van der Waals surface area (Å²) in [6.07, 6.45) is 2.44. The third kappa shape index (κ3) is 5.14. The van der Waals surface area contributed by atoms with Gasteiger partial charge >= 0.3 is 5.97 Å². The van der Waals surface area contributed by atoms with Gasteiger partial charge in [-0.1, -0.05) is 11.3 Å². The largest absolute Gasteiger partial charge is 0.465 e. The highest BCUT2D eigenvalue weighted by atomic mass is 32.1. The number of hydrogen-bond acceptors (Lipinski definition) is 7. The molecule has 0 amide bonds. The normalized spacial score (nSPS) is 10.5. The SMILES string of the molecule is COCCCN(CCOC)c1ncc(C(=O)OC)s1. The van der Waals surface area contributed by atoms with Crippen molar-refractivity contribution < 1.29 is 19.0 Å². The molecule has 19 heavy (non-hydrogen) atoms. The zero-order valence-electron chi connectivity index (χ0n) is 11.5. The smallest absolute Gasteiger partial charge is 0.349 e. The Bertz CT molecular complexity index is 384. The topological polar surface area (TPSA) is 60.9 Å². The van der Waals surface area contributed by atoms with E-state index in [1.165, 1.54) is 18.4 Å². The number of aromatic nitrogens is 1. The van der Waals surface area contributed by atoms with Crippen molar-refractivity contribution in [3.63, 3.8) is 0 Å². The van der Waals surface area contributed by atoms with Crippen LogP contribution in [0.15, 0.2) is 6.20 Å². The fraction of sp³-hybridized carbons (Fsp3) is 0.667. The lowest BCUT2D eigenvalue weighted by Crippen LogP contribution is -2.28. The van der Waals surface area contributed by atoms with Gasteiger partial charge in [-0.15, -0.1) is 0 Å². The van der Waals surface area contributed by atoms with Gasteiger partial charge in [-0.3, -0.25) is 0 Å². The number of esters is 1. The Labute approximate surface area is 117 Å². The lowest BCUT2D eigenvalue weighted by molar-refractivity contribution is 0.0606. The van der Waals surface area contributed by atoms with Crippen molar-refractivity contribution in [1.82, 2.24) is 4.98 Å². The standard InChI is InChI=1S/C12H20N2O4S/c1-16-7-4-5-14(6-8-17-2)12-13-9-10(19-12)11(15)18-3/h9H,4-8H2,1-3H3. The predicted octanol–water partition coefficient (Wildman–Crippen LogP) is 1.42. The van der Waals surface area contributed by atoms with E-state index in [1.807, 2.05) is 0 Å². The van der Waals surface area contributed by atoms with Crippen LogP contribution in [0.3, 0.4) is 0 Å². The van der Waals surface area contributed by atoms with Crippen molar-refractivity contribution in [3.8, 4) is 0 Å². The van der Waals surface area contributed by atoms with Gasteiger partial charge < -0.3 is 19.1 Å². The van der Waals surface area contributed by atoms with E-state index in [2.05, 4.69) is 14.6 Å². The zero-order valence-corrected chi connectivity index (χ0v) is 12.4. The van der Waals surface area contributed by atoms with Crippen molar-refractivity contribution in [3.05, 3.63) is 11.1 Å². The molecule has 0 spiro atoms. The molecule has 0 bridgehead atoms. The number of thiazole rings is 1. The lowest BCUT2D eigenvalue weighted by atomic mass is 10.4. The van der Waals surface area contributed by atoms with Crippen molar-refractivity contribution in [2.45, 2.75) is 6.42 Å². The third-order valence-electron chi connectivity index (χ3n) is 2.49. The summed E-state index contributed by atoms with van der Waals surface area (Å²) in [6.45, 7) is 2.85. The van der Waals surface area contributed by atoms with Crippen LogP contribution in [0.25, 0.3) is 0 Å². The molecule has 108 valence electrons. The van der Waals surface area contributed by atoms with E-state index < -0.39 is 0 Å². The maximum atomic E-state index is 11.4. The van der Waals surface area contributed by atoms with Crippen molar-refractivity contribution in [2.75, 3.05) is 52.5 Å². The van der Waals surface area contributed by atoms with Crippen molar-refractivity contribution in [1.29, 1.82) is 0 Å². The van der Waals surface area contributed by atoms with Gasteiger partial charge in [-0.2, -0.15) is 0 Å². The van der Waals surface area contributed by atoms with Gasteiger partial charge in [0.1, 0.15) is 4.88 Å². The number of carbonyl (C=O) groups excluding carboxylic acids is 1. The average molecular weight is 288 g/mol. The molecule has 0 aromatic carbocycles. The Morgan fingerprint density at radius 3 is 2.63 bits per heavy atom. The lowest BCUT2D eigenvalue weighted by Gasteiger charge is -2.21. The van der Waals surface area contributed by atoms with Crippen LogP contribution in [0.5, 0.6) is 0 Å². The van der Waals surface area contributed by atoms with Crippen LogP contribution in [0.4, 0.5) is 5.13 Å². The number of rotatable bonds is 9. The first kappa shape index (κ1) is 15.9. The van der Waals surface area contributed by atoms with Crippen molar-refractivity contribution in [2.24, 2.45) is 0 Å². The highest BCUT2D eigenvalue weighted by molar-refractivity contribution is 7.17. The molecule has 6 nitrogen and oxygen atoms in total. The molecule has 1 aromatic heterocycles. The van der Waals surface area contributed by atoms with Gasteiger partial charge in [-0.25, -0.2) is 9.78 Å². The van der Waals surface area contributed by atoms with Crippen LogP contribution in [0, 0.1) is 0 Å². The molecule has 7 heteroatoms. The average Bonchev–Trinajstić information content (AvgIpc) is 2.91. The Morgan fingerprint density at radius 2 is 2.00 bits per heavy atom. The fourth-order valence-electron chi connectivity index (χ4n) is 1.51. The minimum atomic E-state index is -0.354. The van der Waals surface area contributed by atoms with E-state index in [9.17, 15) is 4.79 Å². The van der Waals surface area contributed by atoms with E-state index in [4.69, 9.17) is 9.47 Å². The van der Waals surface area contributed by atoms with E-state index in [1.54, 1.807) is 20.4 Å². The first-order valence-electron chi connectivity index (χ1n) is 6.00. The highest BCUT2D eigenvalue weighted by Crippen LogP contribution is 2.23. The zero-order chi connectivity index (χ0) is 14.1. The molecule has 1 heterocycles. The number of carbonyl (C=O) groups is 1. The monoisotopic (exact) mass is 288 g/mol. The molecular weight excluding hydrogens is 268 g/mol. The first-order chi connectivity index (χ1) is 9.22. The molecule has 0 aliphatic heterocycles. The summed E-state index contributed by atoms with van der Waals surface area (Å²) < 4.78 is 14.8. The Balaban J connectivity index is 2.66. The summed E-state index contributed by atoms with van der Waals surface area (Å²) in [5, 5.41) is 0.800. The second kappa shape index (κ2) is 8.84. The second-order valence-electron chi connectivity index (χ2n) is 3.82. The molecule has 0 aliphatic rings. The molecule has 0 radical (unpaired) electrons. The van der Waals surface area contributed by atoms with E-state index in [0.717, 1.165) is 24.6 Å². The van der Waals surface area contributed by atoms with E-state index in [0.29, 0.717) is 18.1 Å². The highest BCUT2D eigenvalue weighted by Gasteiger charge is 2.15. The summed E-state index contributed by atoms with van der Waals surface area (Å²) in [7, 11) is 4.70. The summed E-state index contributed by atoms with van der Waals surface area (Å²) >= 11 is 1.33. The van der Waals surface area contributed by atoms with Crippen LogP contribution < -0.4 is 4.90 Å². The molecule has 0 saturated heterocycles. The molecule has 0 saturated carbocycles. The number of methoxy groups -OCH3 is 3. The number of anilines is 1. The Morgan fingerprint density at radius 1 is 1.26 bits per heavy atom. The second-order valence-corrected chi connectivity index (χ2v) is 4.83. The van der Waals surface area contributed by atoms with Gasteiger partial charge in [0, 0.05) is 33.9 Å². The maximum absolute atomic E-state index is 11.4. The summed E-state index contributed by atoms with van der Waals surface area (Å²) in [5.74, 6) is -0.354. The van der Waals surface area contributed by atoms with Crippen LogP contribution in [-0.4, -0.2) is 58.6 Å². The molecule has 0 atom stereocenters. The Hall–Kier alpha value is -1.18. The molecule has 0 fully saturated rings. The molecule has 1 aromatic rings. The summed E-state index contributed by atoms with van der Waals surface area (Å²) in [4.78, 5) is 18.3. The molecule has 0 N–H and O–H groups in total. The Kier molecular flexibility index (Phi) is 7.39. The molecule has 0 aliphatic carbocycles. The van der Waals surface area contributed by atoms with Crippen LogP contribution in [0.1, 0.15) is 16.1 Å². The summed E-state index contributed by atoms with van der Waals surface area (Å²) in [5.41, 5.74) is 0. The van der Waals surface area contributed by atoms with Crippen molar-refractivity contribution >= 4 is 22.4 Å². The molecule has 1 rings (SSSR count). The maximum Gasteiger partial charge on any atom is 0.349 e. The van der Waals surface area contributed by atoms with Gasteiger partial charge in [0.2, 0.25) is 0 Å². The third-order valence-corrected chi connectivity index (χ3v) is 3.53. The van der Waals surface area contributed by atoms with Gasteiger partial charge in [0.15, 0.2) is 5.13 Å². The van der Waals surface area contributed by atoms with Gasteiger partial charge in [0.25, 0.3) is 0 Å². The van der Waals surface area contributed by atoms with E-state index >= 15 is 0 Å². The number of hydrogen-bond donors (Lipinski definition) is 0. The molecule has 0 unspecified atom stereocenters. The van der Waals surface area contributed by atoms with Crippen LogP contribution in [-0.2, 0) is 14.2 Å². The minimum Gasteiger partial charge on any atom is -0.465 e. The van der Waals surface area contributed by atoms with Crippen LogP contribution >= 0.6 is 11.3 Å². The van der Waals surface area contributed by atoms with Crippen LogP contribution in [0.2, 0.25) is 0 Å². The quantitative estimate of drug-likeness (QED) is 0.506. The molecular formula is C12H20N2O4S. The van der Waals surface area contributed by atoms with Gasteiger partial charge in [0.05, 0.1) is 19.9 Å². The fourth-order valence-corrected chi connectivity index (χ4v) is 2.40. The summed E-state index contributed by atoms with van der Waals surface area (Å²) in [6, 6.07) is 0.